The van der Waals surface area contributed by atoms with Gasteiger partial charge in [-0.2, -0.15) is 10.2 Å². The molecule has 0 aliphatic heterocycles. The number of terminal acetylenes is 1. The van der Waals surface area contributed by atoms with Crippen LogP contribution >= 0.6 is 0 Å². The first-order chi connectivity index (χ1) is 9.06. The Morgan fingerprint density at radius 3 is 2.63 bits per heavy atom. The molecule has 0 aliphatic rings. The number of halogens is 1. The first-order valence-corrected chi connectivity index (χ1v) is 5.16. The van der Waals surface area contributed by atoms with Gasteiger partial charge in [0.25, 0.3) is 0 Å². The molecule has 2 aromatic rings. The van der Waals surface area contributed by atoms with Crippen molar-refractivity contribution in [1.82, 2.24) is 9.97 Å². The van der Waals surface area contributed by atoms with E-state index in [2.05, 4.69) is 15.9 Å². The fraction of sp³-hybridized carbons (Fsp3) is 0. The molecule has 0 bridgehead atoms. The number of nitriles is 1. The van der Waals surface area contributed by atoms with Crippen LogP contribution in [0.5, 0.6) is 0 Å². The molecule has 1 heterocycles. The highest BCUT2D eigenvalue weighted by atomic mass is 19.1. The summed E-state index contributed by atoms with van der Waals surface area (Å²) in [5.41, 5.74) is 11.9. The Balaban J connectivity index is 2.73. The molecule has 0 atom stereocenters. The summed E-state index contributed by atoms with van der Waals surface area (Å²) in [6, 6.07) is 5.93. The number of anilines is 2. The quantitative estimate of drug-likeness (QED) is 0.746. The Kier molecular flexibility index (Phi) is 3.01. The lowest BCUT2D eigenvalue weighted by Crippen LogP contribution is -2.05. The number of benzene rings is 1. The van der Waals surface area contributed by atoms with Gasteiger partial charge in [0.2, 0.25) is 5.95 Å². The number of nitrogens with zero attached hydrogens (tertiary/aromatic N) is 3. The minimum absolute atomic E-state index is 0.0309. The number of hydrogen-bond donors (Lipinski definition) is 2. The Morgan fingerprint density at radius 1 is 1.26 bits per heavy atom. The topological polar surface area (TPSA) is 102 Å². The minimum Gasteiger partial charge on any atom is -0.382 e. The minimum atomic E-state index is -0.528. The van der Waals surface area contributed by atoms with Crippen LogP contribution in [0.4, 0.5) is 16.2 Å². The summed E-state index contributed by atoms with van der Waals surface area (Å²) in [6.07, 6.45) is 5.19. The third kappa shape index (κ3) is 2.15. The van der Waals surface area contributed by atoms with E-state index in [-0.39, 0.29) is 28.6 Å². The van der Waals surface area contributed by atoms with Gasteiger partial charge in [-0.15, -0.1) is 6.42 Å². The molecule has 92 valence electrons. The van der Waals surface area contributed by atoms with Crippen LogP contribution in [0.25, 0.3) is 11.3 Å². The molecule has 1 aromatic carbocycles. The van der Waals surface area contributed by atoms with E-state index >= 15 is 0 Å². The van der Waals surface area contributed by atoms with E-state index in [4.69, 9.17) is 23.2 Å². The lowest BCUT2D eigenvalue weighted by Gasteiger charge is -2.07. The summed E-state index contributed by atoms with van der Waals surface area (Å²) in [7, 11) is 0. The fourth-order valence-corrected chi connectivity index (χ4v) is 1.60. The third-order valence-electron chi connectivity index (χ3n) is 2.46. The van der Waals surface area contributed by atoms with Crippen LogP contribution in [0, 0.1) is 29.5 Å². The van der Waals surface area contributed by atoms with Crippen molar-refractivity contribution in [2.75, 3.05) is 11.5 Å². The van der Waals surface area contributed by atoms with Crippen molar-refractivity contribution in [3.8, 4) is 29.7 Å². The second-order valence-electron chi connectivity index (χ2n) is 3.64. The summed E-state index contributed by atoms with van der Waals surface area (Å²) < 4.78 is 13.3. The van der Waals surface area contributed by atoms with Crippen LogP contribution in [-0.2, 0) is 0 Å². The van der Waals surface area contributed by atoms with Crippen molar-refractivity contribution in [2.24, 2.45) is 0 Å². The Bertz CT molecular complexity index is 740. The molecule has 6 heteroatoms. The van der Waals surface area contributed by atoms with Gasteiger partial charge < -0.3 is 11.5 Å². The summed E-state index contributed by atoms with van der Waals surface area (Å²) in [5, 5.41) is 9.07. The second-order valence-corrected chi connectivity index (χ2v) is 3.64. The van der Waals surface area contributed by atoms with Crippen molar-refractivity contribution < 1.29 is 4.39 Å². The van der Waals surface area contributed by atoms with Crippen molar-refractivity contribution in [1.29, 1.82) is 5.26 Å². The Morgan fingerprint density at radius 2 is 2.00 bits per heavy atom. The molecule has 4 N–H and O–H groups in total. The molecule has 0 spiro atoms. The number of aromatic nitrogens is 2. The molecule has 0 fully saturated rings. The molecule has 0 unspecified atom stereocenters. The largest absolute Gasteiger partial charge is 0.382 e. The van der Waals surface area contributed by atoms with Gasteiger partial charge in [0.05, 0.1) is 11.3 Å². The average Bonchev–Trinajstić information content (AvgIpc) is 2.38. The second kappa shape index (κ2) is 4.63. The van der Waals surface area contributed by atoms with Crippen LogP contribution in [0.3, 0.4) is 0 Å². The van der Waals surface area contributed by atoms with Gasteiger partial charge in [0, 0.05) is 5.56 Å². The van der Waals surface area contributed by atoms with E-state index in [1.165, 1.54) is 18.2 Å². The van der Waals surface area contributed by atoms with Crippen molar-refractivity contribution in [3.63, 3.8) is 0 Å². The molecule has 19 heavy (non-hydrogen) atoms. The lowest BCUT2D eigenvalue weighted by atomic mass is 10.0. The highest BCUT2D eigenvalue weighted by Gasteiger charge is 2.14. The monoisotopic (exact) mass is 253 g/mol. The predicted octanol–water partition coefficient (Wildman–Crippen LogP) is 1.30. The number of nitrogen functional groups attached to an aromatic ring is 2. The third-order valence-corrected chi connectivity index (χ3v) is 2.46. The predicted molar refractivity (Wildman–Crippen MR) is 68.9 cm³/mol. The first kappa shape index (κ1) is 12.3. The smallest absolute Gasteiger partial charge is 0.222 e. The van der Waals surface area contributed by atoms with Gasteiger partial charge in [-0.3, -0.25) is 0 Å². The van der Waals surface area contributed by atoms with E-state index in [1.54, 1.807) is 0 Å². The zero-order chi connectivity index (χ0) is 14.0. The lowest BCUT2D eigenvalue weighted by molar-refractivity contribution is 0.624. The van der Waals surface area contributed by atoms with Gasteiger partial charge in [-0.25, -0.2) is 9.37 Å². The van der Waals surface area contributed by atoms with Crippen LogP contribution in [-0.4, -0.2) is 9.97 Å². The molecule has 0 aliphatic carbocycles. The molecule has 1 aromatic heterocycles. The first-order valence-electron chi connectivity index (χ1n) is 5.16. The number of nitrogens with two attached hydrogens (primary N) is 2. The van der Waals surface area contributed by atoms with E-state index in [0.29, 0.717) is 5.56 Å². The standard InChI is InChI=1S/C13H8FN5/c1-2-7-5-8(3-4-10(7)14)11-9(6-15)12(16)19-13(17)18-11/h1,3-5H,(H4,16,17,18,19). The zero-order valence-corrected chi connectivity index (χ0v) is 9.68. The van der Waals surface area contributed by atoms with Crippen molar-refractivity contribution in [2.45, 2.75) is 0 Å². The Labute approximate surface area is 108 Å². The highest BCUT2D eigenvalue weighted by Crippen LogP contribution is 2.26. The molecule has 0 saturated carbocycles. The molecular formula is C13H8FN5. The normalized spacial score (nSPS) is 9.63. The van der Waals surface area contributed by atoms with Gasteiger partial charge in [0.15, 0.2) is 0 Å². The number of hydrogen-bond acceptors (Lipinski definition) is 5. The van der Waals surface area contributed by atoms with E-state index < -0.39 is 5.82 Å². The molecule has 2 rings (SSSR count). The van der Waals surface area contributed by atoms with Crippen molar-refractivity contribution >= 4 is 11.8 Å². The van der Waals surface area contributed by atoms with Gasteiger partial charge >= 0.3 is 0 Å². The summed E-state index contributed by atoms with van der Waals surface area (Å²) in [6.45, 7) is 0. The molecule has 0 radical (unpaired) electrons. The number of rotatable bonds is 1. The van der Waals surface area contributed by atoms with Crippen molar-refractivity contribution in [3.05, 3.63) is 35.1 Å². The average molecular weight is 253 g/mol. The van der Waals surface area contributed by atoms with E-state index in [0.717, 1.165) is 0 Å². The van der Waals surface area contributed by atoms with E-state index in [9.17, 15) is 4.39 Å². The molecule has 0 amide bonds. The summed E-state index contributed by atoms with van der Waals surface area (Å²) >= 11 is 0. The molecule has 5 nitrogen and oxygen atoms in total. The maximum Gasteiger partial charge on any atom is 0.222 e. The van der Waals surface area contributed by atoms with Crippen LogP contribution < -0.4 is 11.5 Å². The van der Waals surface area contributed by atoms with E-state index in [1.807, 2.05) is 6.07 Å². The van der Waals surface area contributed by atoms with Gasteiger partial charge in [-0.05, 0) is 18.2 Å². The maximum absolute atomic E-state index is 13.3. The van der Waals surface area contributed by atoms with Gasteiger partial charge in [-0.1, -0.05) is 5.92 Å². The highest BCUT2D eigenvalue weighted by molar-refractivity contribution is 5.73. The van der Waals surface area contributed by atoms with Crippen LogP contribution in [0.15, 0.2) is 18.2 Å². The Hall–Kier alpha value is -3.12. The summed E-state index contributed by atoms with van der Waals surface area (Å²) in [5.74, 6) is 1.58. The van der Waals surface area contributed by atoms with Crippen LogP contribution in [0.1, 0.15) is 11.1 Å². The fourth-order valence-electron chi connectivity index (χ4n) is 1.60. The maximum atomic E-state index is 13.3. The molecular weight excluding hydrogens is 245 g/mol. The van der Waals surface area contributed by atoms with Gasteiger partial charge in [0.1, 0.15) is 23.3 Å². The molecule has 0 saturated heterocycles. The summed E-state index contributed by atoms with van der Waals surface area (Å²) in [4.78, 5) is 7.65. The SMILES string of the molecule is C#Cc1cc(-c2nc(N)nc(N)c2C#N)ccc1F. The van der Waals surface area contributed by atoms with Crippen LogP contribution in [0.2, 0.25) is 0 Å². The zero-order valence-electron chi connectivity index (χ0n) is 9.68.